The largest absolute Gasteiger partial charge is 0.514 e. The summed E-state index contributed by atoms with van der Waals surface area (Å²) < 4.78 is 32.6. The number of carbonyl (C=O) groups is 2. The Morgan fingerprint density at radius 2 is 2.02 bits per heavy atom. The Morgan fingerprint density at radius 3 is 2.74 bits per heavy atom. The Bertz CT molecular complexity index is 1350. The fourth-order valence-electron chi connectivity index (χ4n) is 5.60. The maximum atomic E-state index is 15.6. The molecule has 1 aromatic carbocycles. The lowest BCUT2D eigenvalue weighted by Crippen LogP contribution is -2.55. The molecule has 0 spiro atoms. The van der Waals surface area contributed by atoms with E-state index >= 15 is 4.39 Å². The first-order valence-electron chi connectivity index (χ1n) is 14.2. The number of hydrogen-bond donors (Lipinski definition) is 2. The molecule has 4 heterocycles. The topological polar surface area (TPSA) is 117 Å². The molecule has 0 radical (unpaired) electrons. The summed E-state index contributed by atoms with van der Waals surface area (Å²) in [6.07, 6.45) is -1.01. The number of anilines is 1. The number of hydrogen-bond acceptors (Lipinski definition) is 10. The van der Waals surface area contributed by atoms with Crippen molar-refractivity contribution in [2.24, 2.45) is 0 Å². The molecule has 2 N–H and O–H groups in total. The number of aromatic nitrogens is 1. The number of nitrogens with zero attached hydrogens (tertiary/aromatic N) is 4. The van der Waals surface area contributed by atoms with Gasteiger partial charge in [-0.05, 0) is 39.8 Å². The van der Waals surface area contributed by atoms with Gasteiger partial charge in [0.25, 0.3) is 5.91 Å². The summed E-state index contributed by atoms with van der Waals surface area (Å²) in [6.45, 7) is 11.3. The van der Waals surface area contributed by atoms with E-state index in [1.807, 2.05) is 11.8 Å². The monoisotopic (exact) mass is 605 g/mol. The molecule has 0 bridgehead atoms. The third-order valence-corrected chi connectivity index (χ3v) is 7.87. The molecule has 11 nitrogen and oxygen atoms in total. The Kier molecular flexibility index (Phi) is 8.79. The number of piperazine rings is 2. The van der Waals surface area contributed by atoms with Crippen molar-refractivity contribution in [2.75, 3.05) is 63.9 Å². The number of ether oxygens (including phenoxy) is 3. The number of nitrogens with one attached hydrogen (secondary N) is 1. The maximum absolute atomic E-state index is 15.6. The fourth-order valence-corrected chi connectivity index (χ4v) is 5.89. The van der Waals surface area contributed by atoms with Crippen LogP contribution in [-0.2, 0) is 4.74 Å². The van der Waals surface area contributed by atoms with E-state index in [9.17, 15) is 14.7 Å². The van der Waals surface area contributed by atoms with E-state index in [0.717, 1.165) is 0 Å². The predicted molar refractivity (Wildman–Crippen MR) is 155 cm³/mol. The number of aliphatic hydroxyl groups excluding tert-OH is 1. The molecular formula is C29H37ClFN5O6. The molecule has 0 saturated carbocycles. The quantitative estimate of drug-likeness (QED) is 0.389. The van der Waals surface area contributed by atoms with Gasteiger partial charge in [-0.25, -0.2) is 14.2 Å². The number of pyridine rings is 1. The second-order valence-corrected chi connectivity index (χ2v) is 12.1. The summed E-state index contributed by atoms with van der Waals surface area (Å²) in [5.74, 6) is -0.678. The van der Waals surface area contributed by atoms with E-state index in [1.54, 1.807) is 25.7 Å². The number of rotatable bonds is 5. The Morgan fingerprint density at radius 1 is 1.24 bits per heavy atom. The molecule has 13 heteroatoms. The van der Waals surface area contributed by atoms with Crippen LogP contribution < -0.4 is 19.7 Å². The van der Waals surface area contributed by atoms with E-state index < -0.39 is 17.6 Å². The first kappa shape index (κ1) is 30.3. The highest BCUT2D eigenvalue weighted by molar-refractivity contribution is 6.35. The molecular weight excluding hydrogens is 569 g/mol. The van der Waals surface area contributed by atoms with Crippen molar-refractivity contribution in [3.8, 4) is 22.8 Å². The number of amides is 1. The molecule has 2 fully saturated rings. The summed E-state index contributed by atoms with van der Waals surface area (Å²) in [5.41, 5.74) is -0.774. The first-order chi connectivity index (χ1) is 20.0. The molecule has 3 aliphatic heterocycles. The van der Waals surface area contributed by atoms with Gasteiger partial charge >= 0.3 is 6.16 Å². The van der Waals surface area contributed by atoms with Gasteiger partial charge in [-0.15, -0.1) is 0 Å². The molecule has 5 rings (SSSR count). The van der Waals surface area contributed by atoms with Crippen LogP contribution in [0.3, 0.4) is 0 Å². The van der Waals surface area contributed by atoms with Crippen LogP contribution in [0.1, 0.15) is 38.1 Å². The summed E-state index contributed by atoms with van der Waals surface area (Å²) >= 11 is 6.93. The molecule has 228 valence electrons. The smallest absolute Gasteiger partial charge is 0.489 e. The van der Waals surface area contributed by atoms with Crippen molar-refractivity contribution in [1.82, 2.24) is 20.1 Å². The first-order valence-corrected chi connectivity index (χ1v) is 14.5. The molecule has 1 amide bonds. The van der Waals surface area contributed by atoms with Crippen molar-refractivity contribution < 1.29 is 33.3 Å². The lowest BCUT2D eigenvalue weighted by molar-refractivity contribution is 0.0206. The Labute approximate surface area is 249 Å². The molecule has 0 aliphatic carbocycles. The van der Waals surface area contributed by atoms with Crippen LogP contribution in [-0.4, -0.2) is 109 Å². The molecule has 2 saturated heterocycles. The minimum absolute atomic E-state index is 0.0159. The van der Waals surface area contributed by atoms with E-state index in [1.165, 1.54) is 18.2 Å². The number of benzene rings is 1. The minimum Gasteiger partial charge on any atom is -0.489 e. The van der Waals surface area contributed by atoms with Gasteiger partial charge in [-0.1, -0.05) is 17.7 Å². The van der Waals surface area contributed by atoms with Gasteiger partial charge < -0.3 is 34.4 Å². The zero-order valence-electron chi connectivity index (χ0n) is 24.3. The SMILES string of the molecule is C[C@H]1CN(CCO)CCN1c1nc(-c2c(F)cccc2OC(=O)OC(C)(C)C)c(Cl)c2c1C(=O)N1CCNC[C@@H]1CO2. The minimum atomic E-state index is -1.01. The van der Waals surface area contributed by atoms with Gasteiger partial charge in [0.2, 0.25) is 0 Å². The van der Waals surface area contributed by atoms with Gasteiger partial charge in [0.15, 0.2) is 5.75 Å². The average Bonchev–Trinajstić information content (AvgIpc) is 3.06. The van der Waals surface area contributed by atoms with Crippen LogP contribution >= 0.6 is 11.6 Å². The van der Waals surface area contributed by atoms with E-state index in [-0.39, 0.29) is 64.5 Å². The number of aliphatic hydroxyl groups is 1. The van der Waals surface area contributed by atoms with Crippen molar-refractivity contribution in [3.63, 3.8) is 0 Å². The van der Waals surface area contributed by atoms with Gasteiger partial charge in [0.1, 0.15) is 45.9 Å². The van der Waals surface area contributed by atoms with Crippen molar-refractivity contribution >= 4 is 29.5 Å². The molecule has 2 aromatic rings. The average molecular weight is 606 g/mol. The zero-order valence-corrected chi connectivity index (χ0v) is 25.0. The van der Waals surface area contributed by atoms with E-state index in [0.29, 0.717) is 51.6 Å². The standard InChI is InChI=1S/C29H37ClFN5O6/c1-17-15-34(12-13-37)10-11-35(17)26-22-25(40-16-18-14-32-8-9-36(18)27(22)38)23(30)24(33-26)21-19(31)6-5-7-20(21)41-28(39)42-29(2,3)4/h5-7,17-18,32,37H,8-16H2,1-4H3/t17-,18+/m0/s1. The summed E-state index contributed by atoms with van der Waals surface area (Å²) in [7, 11) is 0. The number of carbonyl (C=O) groups excluding carboxylic acids is 2. The van der Waals surface area contributed by atoms with E-state index in [2.05, 4.69) is 10.2 Å². The highest BCUT2D eigenvalue weighted by Crippen LogP contribution is 2.46. The summed E-state index contributed by atoms with van der Waals surface area (Å²) in [4.78, 5) is 37.4. The van der Waals surface area contributed by atoms with Gasteiger partial charge in [-0.2, -0.15) is 0 Å². The molecule has 3 aliphatic rings. The molecule has 1 aromatic heterocycles. The predicted octanol–water partition coefficient (Wildman–Crippen LogP) is 3.16. The highest BCUT2D eigenvalue weighted by atomic mass is 35.5. The van der Waals surface area contributed by atoms with Crippen LogP contribution in [0, 0.1) is 5.82 Å². The summed E-state index contributed by atoms with van der Waals surface area (Å²) in [6, 6.07) is 3.73. The van der Waals surface area contributed by atoms with Crippen molar-refractivity contribution in [2.45, 2.75) is 45.4 Å². The summed E-state index contributed by atoms with van der Waals surface area (Å²) in [5, 5.41) is 12.7. The number of β-amino-alcohol motifs (C(OH)–C–C–N with tert-alkyl or cyclic N) is 1. The zero-order chi connectivity index (χ0) is 30.2. The lowest BCUT2D eigenvalue weighted by Gasteiger charge is -2.41. The van der Waals surface area contributed by atoms with Gasteiger partial charge in [0.05, 0.1) is 18.2 Å². The fraction of sp³-hybridized carbons (Fsp3) is 0.552. The van der Waals surface area contributed by atoms with Gasteiger partial charge in [0, 0.05) is 51.9 Å². The normalized spacial score (nSPS) is 21.3. The van der Waals surface area contributed by atoms with E-state index in [4.69, 9.17) is 30.8 Å². The Balaban J connectivity index is 1.66. The molecule has 0 unspecified atom stereocenters. The van der Waals surface area contributed by atoms with Crippen LogP contribution in [0.25, 0.3) is 11.3 Å². The van der Waals surface area contributed by atoms with Crippen LogP contribution in [0.5, 0.6) is 11.5 Å². The second-order valence-electron chi connectivity index (χ2n) is 11.7. The van der Waals surface area contributed by atoms with Crippen LogP contribution in [0.15, 0.2) is 18.2 Å². The third kappa shape index (κ3) is 6.12. The van der Waals surface area contributed by atoms with Crippen LogP contribution in [0.4, 0.5) is 15.0 Å². The van der Waals surface area contributed by atoms with Crippen LogP contribution in [0.2, 0.25) is 5.02 Å². The third-order valence-electron chi connectivity index (χ3n) is 7.52. The van der Waals surface area contributed by atoms with Gasteiger partial charge in [-0.3, -0.25) is 9.69 Å². The van der Waals surface area contributed by atoms with Crippen molar-refractivity contribution in [1.29, 1.82) is 0 Å². The lowest BCUT2D eigenvalue weighted by atomic mass is 10.0. The highest BCUT2D eigenvalue weighted by Gasteiger charge is 2.40. The Hall–Kier alpha value is -3.19. The molecule has 2 atom stereocenters. The second kappa shape index (κ2) is 12.2. The van der Waals surface area contributed by atoms with Crippen molar-refractivity contribution in [3.05, 3.63) is 34.6 Å². The maximum Gasteiger partial charge on any atom is 0.514 e. The molecule has 42 heavy (non-hydrogen) atoms. The number of halogens is 2. The number of fused-ring (bicyclic) bond motifs is 2.